The monoisotopic (exact) mass is 587 g/mol. The van der Waals surface area contributed by atoms with E-state index in [4.69, 9.17) is 11.6 Å². The molecule has 2 amide bonds. The first-order valence-corrected chi connectivity index (χ1v) is 14.7. The molecule has 40 heavy (non-hydrogen) atoms. The number of aryl methyl sites for hydroxylation is 1. The van der Waals surface area contributed by atoms with Crippen molar-refractivity contribution in [2.45, 2.75) is 55.6 Å². The average Bonchev–Trinajstić information content (AvgIpc) is 3.30. The number of nitrogens with one attached hydrogen (secondary N) is 1. The molecule has 10 heteroatoms. The van der Waals surface area contributed by atoms with Gasteiger partial charge in [-0.25, -0.2) is 13.8 Å². The third kappa shape index (κ3) is 7.95. The van der Waals surface area contributed by atoms with E-state index in [1.54, 1.807) is 66.9 Å². The fourth-order valence-corrected chi connectivity index (χ4v) is 5.71. The second kappa shape index (κ2) is 13.5. The Kier molecular flexibility index (Phi) is 10.0. The Hall–Kier alpha value is -3.17. The number of alkyl halides is 2. The quantitative estimate of drug-likeness (QED) is 0.253. The first-order chi connectivity index (χ1) is 19.1. The van der Waals surface area contributed by atoms with Gasteiger partial charge in [-0.15, -0.1) is 11.8 Å². The predicted octanol–water partition coefficient (Wildman–Crippen LogP) is 6.42. The van der Waals surface area contributed by atoms with Gasteiger partial charge in [0.15, 0.2) is 0 Å². The molecule has 1 fully saturated rings. The van der Waals surface area contributed by atoms with Gasteiger partial charge in [0.2, 0.25) is 17.7 Å². The van der Waals surface area contributed by atoms with Crippen LogP contribution in [0.2, 0.25) is 5.02 Å². The lowest BCUT2D eigenvalue weighted by Crippen LogP contribution is -2.46. The van der Waals surface area contributed by atoms with Crippen molar-refractivity contribution in [2.75, 3.05) is 12.8 Å². The summed E-state index contributed by atoms with van der Waals surface area (Å²) in [5.41, 5.74) is 2.22. The topological polar surface area (TPSA) is 82.5 Å². The van der Waals surface area contributed by atoms with E-state index in [0.717, 1.165) is 11.1 Å². The highest BCUT2D eigenvalue weighted by Gasteiger charge is 2.42. The first kappa shape index (κ1) is 29.8. The molecule has 1 aromatic heterocycles. The van der Waals surface area contributed by atoms with Crippen molar-refractivity contribution in [1.82, 2.24) is 15.2 Å². The molecule has 6 nitrogen and oxygen atoms in total. The zero-order valence-corrected chi connectivity index (χ0v) is 23.7. The van der Waals surface area contributed by atoms with Gasteiger partial charge in [0.25, 0.3) is 0 Å². The zero-order chi connectivity index (χ0) is 28.7. The van der Waals surface area contributed by atoms with Crippen LogP contribution in [0.4, 0.5) is 8.78 Å². The summed E-state index contributed by atoms with van der Waals surface area (Å²) in [6.45, 7) is 0.240. The lowest BCUT2D eigenvalue weighted by molar-refractivity contribution is -0.142. The average molecular weight is 588 g/mol. The number of hydrogen-bond acceptors (Lipinski definition) is 5. The van der Waals surface area contributed by atoms with Gasteiger partial charge in [0.1, 0.15) is 16.8 Å². The number of carbonyl (C=O) groups excluding carboxylic acids is 2. The van der Waals surface area contributed by atoms with E-state index in [-0.39, 0.29) is 50.4 Å². The molecule has 0 bridgehead atoms. The van der Waals surface area contributed by atoms with Gasteiger partial charge in [0.05, 0.1) is 0 Å². The molecule has 1 saturated carbocycles. The number of phenolic OH excluding ortho intramolecular Hbond substituents is 1. The Balaban J connectivity index is 1.64. The van der Waals surface area contributed by atoms with E-state index >= 15 is 0 Å². The van der Waals surface area contributed by atoms with Gasteiger partial charge >= 0.3 is 0 Å². The number of hydrogen-bond donors (Lipinski definition) is 2. The summed E-state index contributed by atoms with van der Waals surface area (Å²) >= 11 is 7.34. The largest absolute Gasteiger partial charge is 0.508 e. The lowest BCUT2D eigenvalue weighted by atomic mass is 10.00. The van der Waals surface area contributed by atoms with Crippen molar-refractivity contribution in [3.63, 3.8) is 0 Å². The Morgan fingerprint density at radius 1 is 1.15 bits per heavy atom. The summed E-state index contributed by atoms with van der Waals surface area (Å²) in [5.74, 6) is -3.82. The maximum absolute atomic E-state index is 14.2. The Labute approximate surface area is 242 Å². The Bertz CT molecular complexity index is 1310. The molecular formula is C30H32ClF2N3O3S. The van der Waals surface area contributed by atoms with Gasteiger partial charge in [-0.1, -0.05) is 41.9 Å². The van der Waals surface area contributed by atoms with E-state index in [2.05, 4.69) is 10.3 Å². The van der Waals surface area contributed by atoms with Gasteiger partial charge in [-0.05, 0) is 66.5 Å². The van der Waals surface area contributed by atoms with Gasteiger partial charge < -0.3 is 15.3 Å². The normalized spacial score (nSPS) is 16.9. The molecule has 2 unspecified atom stereocenters. The van der Waals surface area contributed by atoms with Crippen LogP contribution in [0.5, 0.6) is 5.75 Å². The second-order valence-electron chi connectivity index (χ2n) is 10.0. The summed E-state index contributed by atoms with van der Waals surface area (Å²) in [7, 11) is 0. The number of thioether (sulfide) groups is 1. The molecule has 3 aromatic rings. The number of amides is 2. The number of carbonyl (C=O) groups is 2. The summed E-state index contributed by atoms with van der Waals surface area (Å²) in [6, 6.07) is 16.0. The third-order valence-corrected chi connectivity index (χ3v) is 8.05. The molecule has 2 atom stereocenters. The molecule has 1 aliphatic carbocycles. The van der Waals surface area contributed by atoms with Crippen molar-refractivity contribution in [3.05, 3.63) is 88.6 Å². The second-order valence-corrected chi connectivity index (χ2v) is 11.3. The van der Waals surface area contributed by atoms with Crippen molar-refractivity contribution < 1.29 is 23.5 Å². The predicted molar refractivity (Wildman–Crippen MR) is 152 cm³/mol. The first-order valence-electron chi connectivity index (χ1n) is 13.1. The van der Waals surface area contributed by atoms with Crippen LogP contribution in [0.1, 0.15) is 48.4 Å². The molecule has 2 aromatic carbocycles. The molecule has 0 spiro atoms. The molecule has 1 heterocycles. The van der Waals surface area contributed by atoms with E-state index in [9.17, 15) is 23.5 Å². The Morgan fingerprint density at radius 2 is 1.85 bits per heavy atom. The maximum atomic E-state index is 14.2. The lowest BCUT2D eigenvalue weighted by Gasteiger charge is -2.34. The van der Waals surface area contributed by atoms with Gasteiger partial charge in [0, 0.05) is 49.1 Å². The number of nitrogens with zero attached hydrogens (tertiary/aromatic N) is 2. The van der Waals surface area contributed by atoms with Crippen LogP contribution in [0, 0.1) is 5.92 Å². The summed E-state index contributed by atoms with van der Waals surface area (Å²) in [5, 5.41) is 13.7. The zero-order valence-electron chi connectivity index (χ0n) is 22.2. The molecule has 2 N–H and O–H groups in total. The van der Waals surface area contributed by atoms with Gasteiger partial charge in [-0.2, -0.15) is 0 Å². The van der Waals surface area contributed by atoms with E-state index in [1.165, 1.54) is 16.7 Å². The Morgan fingerprint density at radius 3 is 2.50 bits per heavy atom. The molecule has 0 saturated heterocycles. The van der Waals surface area contributed by atoms with Crippen LogP contribution in [0.3, 0.4) is 0 Å². The van der Waals surface area contributed by atoms with E-state index < -0.39 is 23.8 Å². The van der Waals surface area contributed by atoms with Crippen molar-refractivity contribution in [3.8, 4) is 5.75 Å². The standard InChI is InChI=1S/C30H32ClF2N3O3S/c1-40-29-25(3-2-16-34-29)27(28(39)35-18-21-4-9-23(31)10-5-21)36(19-22-14-15-30(32,33)17-22)26(38)13-8-20-6-11-24(37)12-7-20/h2-7,9-12,16,22,27,37H,8,13-15,17-19H2,1H3,(H,35,39). The third-order valence-electron chi connectivity index (χ3n) is 7.07. The fraction of sp³-hybridized carbons (Fsp3) is 0.367. The number of halogens is 3. The summed E-state index contributed by atoms with van der Waals surface area (Å²) < 4.78 is 28.3. The highest BCUT2D eigenvalue weighted by Crippen LogP contribution is 2.40. The van der Waals surface area contributed by atoms with E-state index in [1.807, 2.05) is 6.26 Å². The highest BCUT2D eigenvalue weighted by atomic mass is 35.5. The minimum atomic E-state index is -2.78. The smallest absolute Gasteiger partial charge is 0.248 e. The number of rotatable bonds is 11. The molecular weight excluding hydrogens is 556 g/mol. The number of aromatic nitrogens is 1. The van der Waals surface area contributed by atoms with Crippen LogP contribution >= 0.6 is 23.4 Å². The van der Waals surface area contributed by atoms with Crippen molar-refractivity contribution >= 4 is 35.2 Å². The minimum absolute atomic E-state index is 0.0335. The van der Waals surface area contributed by atoms with Crippen LogP contribution in [0.25, 0.3) is 0 Å². The summed E-state index contributed by atoms with van der Waals surface area (Å²) in [6.07, 6.45) is 3.62. The van der Waals surface area contributed by atoms with Crippen molar-refractivity contribution in [2.24, 2.45) is 5.92 Å². The molecule has 0 radical (unpaired) electrons. The molecule has 1 aliphatic rings. The maximum Gasteiger partial charge on any atom is 0.248 e. The van der Waals surface area contributed by atoms with Crippen LogP contribution in [-0.4, -0.2) is 45.5 Å². The molecule has 0 aliphatic heterocycles. The number of aromatic hydroxyl groups is 1. The highest BCUT2D eigenvalue weighted by molar-refractivity contribution is 7.98. The van der Waals surface area contributed by atoms with Crippen molar-refractivity contribution in [1.29, 1.82) is 0 Å². The minimum Gasteiger partial charge on any atom is -0.508 e. The van der Waals surface area contributed by atoms with Crippen LogP contribution in [0.15, 0.2) is 71.9 Å². The molecule has 212 valence electrons. The van der Waals surface area contributed by atoms with E-state index in [0.29, 0.717) is 22.0 Å². The SMILES string of the molecule is CSc1ncccc1C(C(=O)NCc1ccc(Cl)cc1)N(CC1CCC(F)(F)C1)C(=O)CCc1ccc(O)cc1. The molecule has 4 rings (SSSR count). The summed E-state index contributed by atoms with van der Waals surface area (Å²) in [4.78, 5) is 33.6. The number of benzene rings is 2. The van der Waals surface area contributed by atoms with Gasteiger partial charge in [-0.3, -0.25) is 9.59 Å². The number of phenols is 1. The van der Waals surface area contributed by atoms with Crippen LogP contribution in [-0.2, 0) is 22.6 Å². The number of pyridine rings is 1. The van der Waals surface area contributed by atoms with Crippen LogP contribution < -0.4 is 5.32 Å². The fourth-order valence-electron chi connectivity index (χ4n) is 5.01.